The van der Waals surface area contributed by atoms with Crippen molar-refractivity contribution in [3.05, 3.63) is 29.8 Å². The maximum atomic E-state index is 12.6. The summed E-state index contributed by atoms with van der Waals surface area (Å²) >= 11 is 0. The Morgan fingerprint density at radius 1 is 1.37 bits per heavy atom. The molecule has 1 fully saturated rings. The summed E-state index contributed by atoms with van der Waals surface area (Å²) < 4.78 is 0. The Balaban J connectivity index is 2.14. The first kappa shape index (κ1) is 13.9. The van der Waals surface area contributed by atoms with Gasteiger partial charge in [-0.2, -0.15) is 0 Å². The van der Waals surface area contributed by atoms with Crippen molar-refractivity contribution >= 4 is 11.6 Å². The summed E-state index contributed by atoms with van der Waals surface area (Å²) in [7, 11) is 3.97. The standard InChI is InChI=1S/C15H23N3O/c1-17(2)14-6-3-5-12(11-14)15(19)18(10-4-9-16)13-7-8-13/h3,5-6,11,13H,4,7-10,16H2,1-2H3. The van der Waals surface area contributed by atoms with Crippen LogP contribution in [0.25, 0.3) is 0 Å². The van der Waals surface area contributed by atoms with E-state index in [1.54, 1.807) is 0 Å². The van der Waals surface area contributed by atoms with Gasteiger partial charge in [-0.1, -0.05) is 6.07 Å². The van der Waals surface area contributed by atoms with Crippen LogP contribution in [-0.2, 0) is 0 Å². The second kappa shape index (κ2) is 6.06. The number of amides is 1. The van der Waals surface area contributed by atoms with Crippen LogP contribution in [-0.4, -0.2) is 44.0 Å². The summed E-state index contributed by atoms with van der Waals surface area (Å²) in [6.07, 6.45) is 3.13. The zero-order valence-electron chi connectivity index (χ0n) is 11.8. The van der Waals surface area contributed by atoms with Crippen molar-refractivity contribution in [1.82, 2.24) is 4.90 Å². The molecule has 19 heavy (non-hydrogen) atoms. The van der Waals surface area contributed by atoms with Crippen molar-refractivity contribution in [1.29, 1.82) is 0 Å². The Hall–Kier alpha value is -1.55. The van der Waals surface area contributed by atoms with Crippen molar-refractivity contribution in [2.24, 2.45) is 5.73 Å². The summed E-state index contributed by atoms with van der Waals surface area (Å²) in [5, 5.41) is 0. The minimum absolute atomic E-state index is 0.139. The molecule has 0 aliphatic heterocycles. The fourth-order valence-electron chi connectivity index (χ4n) is 2.18. The topological polar surface area (TPSA) is 49.6 Å². The third-order valence-corrected chi connectivity index (χ3v) is 3.46. The molecule has 1 aliphatic rings. The molecular weight excluding hydrogens is 238 g/mol. The molecule has 0 unspecified atom stereocenters. The van der Waals surface area contributed by atoms with E-state index in [9.17, 15) is 4.79 Å². The number of carbonyl (C=O) groups is 1. The molecule has 4 heteroatoms. The lowest BCUT2D eigenvalue weighted by molar-refractivity contribution is 0.0742. The van der Waals surface area contributed by atoms with E-state index in [4.69, 9.17) is 5.73 Å². The predicted octanol–water partition coefficient (Wildman–Crippen LogP) is 1.71. The number of nitrogens with two attached hydrogens (primary N) is 1. The monoisotopic (exact) mass is 261 g/mol. The molecule has 0 saturated heterocycles. The fraction of sp³-hybridized carbons (Fsp3) is 0.533. The van der Waals surface area contributed by atoms with Crippen LogP contribution in [0, 0.1) is 0 Å². The van der Waals surface area contributed by atoms with Crippen molar-refractivity contribution in [3.8, 4) is 0 Å². The van der Waals surface area contributed by atoms with Gasteiger partial charge >= 0.3 is 0 Å². The highest BCUT2D eigenvalue weighted by molar-refractivity contribution is 5.95. The SMILES string of the molecule is CN(C)c1cccc(C(=O)N(CCCN)C2CC2)c1. The van der Waals surface area contributed by atoms with Crippen LogP contribution < -0.4 is 10.6 Å². The van der Waals surface area contributed by atoms with Crippen LogP contribution in [0.15, 0.2) is 24.3 Å². The molecule has 1 aromatic carbocycles. The number of anilines is 1. The minimum atomic E-state index is 0.139. The van der Waals surface area contributed by atoms with Gasteiger partial charge in [0.05, 0.1) is 0 Å². The van der Waals surface area contributed by atoms with Crippen LogP contribution in [0.1, 0.15) is 29.6 Å². The molecule has 1 aromatic rings. The second-order valence-corrected chi connectivity index (χ2v) is 5.32. The average Bonchev–Trinajstić information content (AvgIpc) is 3.23. The highest BCUT2D eigenvalue weighted by Crippen LogP contribution is 2.28. The Kier molecular flexibility index (Phi) is 4.43. The van der Waals surface area contributed by atoms with Crippen LogP contribution in [0.5, 0.6) is 0 Å². The summed E-state index contributed by atoms with van der Waals surface area (Å²) in [5.74, 6) is 0.139. The summed E-state index contributed by atoms with van der Waals surface area (Å²) in [6.45, 7) is 1.40. The first-order valence-electron chi connectivity index (χ1n) is 6.92. The highest BCUT2D eigenvalue weighted by Gasteiger charge is 2.32. The Labute approximate surface area is 115 Å². The predicted molar refractivity (Wildman–Crippen MR) is 78.5 cm³/mol. The Bertz CT molecular complexity index is 441. The van der Waals surface area contributed by atoms with Gasteiger partial charge in [0.25, 0.3) is 5.91 Å². The molecule has 1 saturated carbocycles. The van der Waals surface area contributed by atoms with E-state index in [-0.39, 0.29) is 5.91 Å². The number of carbonyl (C=O) groups excluding carboxylic acids is 1. The van der Waals surface area contributed by atoms with E-state index < -0.39 is 0 Å². The van der Waals surface area contributed by atoms with Gasteiger partial charge in [0.2, 0.25) is 0 Å². The molecule has 4 nitrogen and oxygen atoms in total. The number of nitrogens with zero attached hydrogens (tertiary/aromatic N) is 2. The van der Waals surface area contributed by atoms with Crippen molar-refractivity contribution in [2.75, 3.05) is 32.1 Å². The third kappa shape index (κ3) is 3.47. The van der Waals surface area contributed by atoms with Gasteiger partial charge in [0.15, 0.2) is 0 Å². The molecule has 2 N–H and O–H groups in total. The molecule has 0 aromatic heterocycles. The van der Waals surface area contributed by atoms with E-state index in [2.05, 4.69) is 0 Å². The molecule has 0 bridgehead atoms. The molecular formula is C15H23N3O. The lowest BCUT2D eigenvalue weighted by Crippen LogP contribution is -2.35. The van der Waals surface area contributed by atoms with Crippen LogP contribution in [0.3, 0.4) is 0 Å². The van der Waals surface area contributed by atoms with Gasteiger partial charge in [0.1, 0.15) is 0 Å². The first-order chi connectivity index (χ1) is 9.13. The smallest absolute Gasteiger partial charge is 0.254 e. The molecule has 1 aliphatic carbocycles. The van der Waals surface area contributed by atoms with Gasteiger partial charge < -0.3 is 15.5 Å². The number of rotatable bonds is 6. The lowest BCUT2D eigenvalue weighted by atomic mass is 10.1. The molecule has 2 rings (SSSR count). The number of benzene rings is 1. The molecule has 0 atom stereocenters. The summed E-state index contributed by atoms with van der Waals surface area (Å²) in [4.78, 5) is 16.6. The van der Waals surface area contributed by atoms with Gasteiger partial charge in [-0.15, -0.1) is 0 Å². The van der Waals surface area contributed by atoms with Gasteiger partial charge in [0, 0.05) is 37.9 Å². The third-order valence-electron chi connectivity index (χ3n) is 3.46. The van der Waals surface area contributed by atoms with Crippen LogP contribution in [0.4, 0.5) is 5.69 Å². The first-order valence-corrected chi connectivity index (χ1v) is 6.92. The highest BCUT2D eigenvalue weighted by atomic mass is 16.2. The average molecular weight is 261 g/mol. The quantitative estimate of drug-likeness (QED) is 0.848. The van der Waals surface area contributed by atoms with Gasteiger partial charge in [-0.05, 0) is 44.0 Å². The van der Waals surface area contributed by atoms with E-state index in [0.717, 1.165) is 37.1 Å². The van der Waals surface area contributed by atoms with Crippen molar-refractivity contribution in [2.45, 2.75) is 25.3 Å². The summed E-state index contributed by atoms with van der Waals surface area (Å²) in [5.41, 5.74) is 7.38. The molecule has 0 heterocycles. The van der Waals surface area contributed by atoms with Crippen LogP contribution in [0.2, 0.25) is 0 Å². The normalized spacial score (nSPS) is 14.3. The largest absolute Gasteiger partial charge is 0.378 e. The van der Waals surface area contributed by atoms with E-state index in [0.29, 0.717) is 12.6 Å². The van der Waals surface area contributed by atoms with Crippen molar-refractivity contribution < 1.29 is 4.79 Å². The van der Waals surface area contributed by atoms with E-state index in [1.165, 1.54) is 0 Å². The number of hydrogen-bond acceptors (Lipinski definition) is 3. The zero-order valence-corrected chi connectivity index (χ0v) is 11.8. The zero-order chi connectivity index (χ0) is 13.8. The minimum Gasteiger partial charge on any atom is -0.378 e. The van der Waals surface area contributed by atoms with Crippen LogP contribution >= 0.6 is 0 Å². The molecule has 1 amide bonds. The summed E-state index contributed by atoms with van der Waals surface area (Å²) in [6, 6.07) is 8.24. The fourth-order valence-corrected chi connectivity index (χ4v) is 2.18. The lowest BCUT2D eigenvalue weighted by Gasteiger charge is -2.23. The van der Waals surface area contributed by atoms with Gasteiger partial charge in [-0.3, -0.25) is 4.79 Å². The Morgan fingerprint density at radius 3 is 2.68 bits per heavy atom. The molecule has 104 valence electrons. The maximum absolute atomic E-state index is 12.6. The number of hydrogen-bond donors (Lipinski definition) is 1. The maximum Gasteiger partial charge on any atom is 0.254 e. The molecule has 0 radical (unpaired) electrons. The van der Waals surface area contributed by atoms with Gasteiger partial charge in [-0.25, -0.2) is 0 Å². The van der Waals surface area contributed by atoms with E-state index >= 15 is 0 Å². The van der Waals surface area contributed by atoms with E-state index in [1.807, 2.05) is 48.2 Å². The molecule has 0 spiro atoms. The van der Waals surface area contributed by atoms with Crippen molar-refractivity contribution in [3.63, 3.8) is 0 Å². The second-order valence-electron chi connectivity index (χ2n) is 5.32. The Morgan fingerprint density at radius 2 is 2.11 bits per heavy atom.